The Bertz CT molecular complexity index is 1170. The topological polar surface area (TPSA) is 50.4 Å². The van der Waals surface area contributed by atoms with Gasteiger partial charge in [-0.05, 0) is 80.5 Å². The number of amidine groups is 1. The van der Waals surface area contributed by atoms with Gasteiger partial charge in [0.25, 0.3) is 0 Å². The number of nitrogens with two attached hydrogens (primary N) is 1. The molecule has 176 valence electrons. The van der Waals surface area contributed by atoms with Crippen molar-refractivity contribution in [2.75, 3.05) is 5.32 Å². The van der Waals surface area contributed by atoms with E-state index in [1.165, 1.54) is 34.4 Å². The van der Waals surface area contributed by atoms with Gasteiger partial charge in [0.1, 0.15) is 11.5 Å². The second-order valence-corrected chi connectivity index (χ2v) is 8.98. The Morgan fingerprint density at radius 2 is 1.50 bits per heavy atom. The first-order valence-electron chi connectivity index (χ1n) is 11.8. The van der Waals surface area contributed by atoms with Gasteiger partial charge in [0.05, 0.1) is 5.69 Å². The van der Waals surface area contributed by atoms with E-state index >= 15 is 0 Å². The first-order chi connectivity index (χ1) is 16.5. The standard InChI is InChI=1S/C29H31F2N3/c1-3-18-33-25-16-17-26(28(31)27(25)30)34-29(32)24-14-12-23(13-15-24)22-10-8-21(9-11-22)20-6-4-19(2)5-7-20/h3-11,16-18,23-24,33H,12-15H2,1-2H3,(H2,32,34)/b18-3+. The number of nitrogens with one attached hydrogen (secondary N) is 1. The van der Waals surface area contributed by atoms with Crippen LogP contribution in [0.1, 0.15) is 49.7 Å². The Hall–Kier alpha value is -3.47. The molecule has 0 amide bonds. The molecule has 0 atom stereocenters. The molecule has 1 aliphatic carbocycles. The number of allylic oxidation sites excluding steroid dienone is 1. The van der Waals surface area contributed by atoms with Crippen LogP contribution in [0.4, 0.5) is 20.2 Å². The van der Waals surface area contributed by atoms with Crippen molar-refractivity contribution in [1.29, 1.82) is 0 Å². The maximum atomic E-state index is 14.5. The minimum atomic E-state index is -0.986. The average Bonchev–Trinajstić information content (AvgIpc) is 2.87. The van der Waals surface area contributed by atoms with Crippen molar-refractivity contribution in [2.45, 2.75) is 45.4 Å². The van der Waals surface area contributed by atoms with E-state index in [1.807, 2.05) is 0 Å². The van der Waals surface area contributed by atoms with Gasteiger partial charge in [-0.15, -0.1) is 0 Å². The lowest BCUT2D eigenvalue weighted by Crippen LogP contribution is -2.27. The number of nitrogens with zero attached hydrogens (tertiary/aromatic N) is 1. The zero-order chi connectivity index (χ0) is 24.1. The minimum Gasteiger partial charge on any atom is -0.387 e. The quantitative estimate of drug-likeness (QED) is 0.291. The van der Waals surface area contributed by atoms with E-state index in [2.05, 4.69) is 65.8 Å². The van der Waals surface area contributed by atoms with Crippen LogP contribution >= 0.6 is 0 Å². The van der Waals surface area contributed by atoms with Crippen LogP contribution in [0.3, 0.4) is 0 Å². The fraction of sp³-hybridized carbons (Fsp3) is 0.276. The molecule has 34 heavy (non-hydrogen) atoms. The Labute approximate surface area is 200 Å². The molecule has 3 nitrogen and oxygen atoms in total. The van der Waals surface area contributed by atoms with Crippen molar-refractivity contribution >= 4 is 17.2 Å². The largest absolute Gasteiger partial charge is 0.387 e. The smallest absolute Gasteiger partial charge is 0.186 e. The Balaban J connectivity index is 1.39. The normalized spacial score (nSPS) is 18.9. The summed E-state index contributed by atoms with van der Waals surface area (Å²) < 4.78 is 28.8. The molecule has 0 unspecified atom stereocenters. The molecule has 0 bridgehead atoms. The number of benzene rings is 3. The summed E-state index contributed by atoms with van der Waals surface area (Å²) in [5, 5.41) is 2.71. The van der Waals surface area contributed by atoms with Gasteiger partial charge >= 0.3 is 0 Å². The Morgan fingerprint density at radius 1 is 0.882 bits per heavy atom. The van der Waals surface area contributed by atoms with Gasteiger partial charge in [-0.25, -0.2) is 13.8 Å². The van der Waals surface area contributed by atoms with Crippen molar-refractivity contribution < 1.29 is 8.78 Å². The van der Waals surface area contributed by atoms with Gasteiger partial charge in [-0.3, -0.25) is 0 Å². The molecule has 3 N–H and O–H groups in total. The molecule has 3 aromatic rings. The lowest BCUT2D eigenvalue weighted by atomic mass is 9.78. The average molecular weight is 460 g/mol. The highest BCUT2D eigenvalue weighted by Crippen LogP contribution is 2.37. The van der Waals surface area contributed by atoms with Crippen LogP contribution in [0.15, 0.2) is 77.9 Å². The number of halogens is 2. The number of aryl methyl sites for hydroxylation is 1. The van der Waals surface area contributed by atoms with Crippen molar-refractivity contribution in [3.8, 4) is 11.1 Å². The first-order valence-corrected chi connectivity index (χ1v) is 11.8. The minimum absolute atomic E-state index is 0.0603. The molecule has 0 radical (unpaired) electrons. The number of anilines is 1. The summed E-state index contributed by atoms with van der Waals surface area (Å²) in [6.07, 6.45) is 7.00. The van der Waals surface area contributed by atoms with Crippen LogP contribution in [-0.4, -0.2) is 5.84 Å². The van der Waals surface area contributed by atoms with Crippen LogP contribution in [0.5, 0.6) is 0 Å². The predicted octanol–water partition coefficient (Wildman–Crippen LogP) is 7.85. The molecular formula is C29H31F2N3. The zero-order valence-corrected chi connectivity index (χ0v) is 19.7. The zero-order valence-electron chi connectivity index (χ0n) is 19.7. The van der Waals surface area contributed by atoms with Gasteiger partial charge in [0.2, 0.25) is 0 Å². The van der Waals surface area contributed by atoms with Gasteiger partial charge in [-0.2, -0.15) is 0 Å². The maximum Gasteiger partial charge on any atom is 0.186 e. The van der Waals surface area contributed by atoms with Crippen LogP contribution in [-0.2, 0) is 0 Å². The van der Waals surface area contributed by atoms with E-state index in [0.29, 0.717) is 11.8 Å². The summed E-state index contributed by atoms with van der Waals surface area (Å²) in [5.74, 6) is -1.01. The highest BCUT2D eigenvalue weighted by Gasteiger charge is 2.25. The van der Waals surface area contributed by atoms with Crippen molar-refractivity contribution in [1.82, 2.24) is 0 Å². The van der Waals surface area contributed by atoms with E-state index in [-0.39, 0.29) is 17.3 Å². The molecule has 5 heteroatoms. The van der Waals surface area contributed by atoms with E-state index < -0.39 is 11.6 Å². The molecule has 3 aromatic carbocycles. The Kier molecular flexibility index (Phi) is 7.41. The van der Waals surface area contributed by atoms with Crippen LogP contribution in [0.25, 0.3) is 11.1 Å². The molecule has 1 fully saturated rings. The highest BCUT2D eigenvalue weighted by atomic mass is 19.2. The van der Waals surface area contributed by atoms with E-state index in [4.69, 9.17) is 5.73 Å². The monoisotopic (exact) mass is 459 g/mol. The molecule has 0 aromatic heterocycles. The van der Waals surface area contributed by atoms with E-state index in [0.717, 1.165) is 25.7 Å². The maximum absolute atomic E-state index is 14.5. The Morgan fingerprint density at radius 3 is 2.12 bits per heavy atom. The first kappa shape index (κ1) is 23.7. The molecule has 4 rings (SSSR count). The molecule has 1 saturated carbocycles. The summed E-state index contributed by atoms with van der Waals surface area (Å²) in [7, 11) is 0. The number of aliphatic imine (C=N–C) groups is 1. The third kappa shape index (κ3) is 5.36. The third-order valence-electron chi connectivity index (χ3n) is 6.63. The van der Waals surface area contributed by atoms with Crippen molar-refractivity contribution in [3.05, 3.63) is 95.7 Å². The number of hydrogen-bond acceptors (Lipinski definition) is 2. The fourth-order valence-electron chi connectivity index (χ4n) is 4.56. The van der Waals surface area contributed by atoms with E-state index in [9.17, 15) is 8.78 Å². The van der Waals surface area contributed by atoms with Crippen molar-refractivity contribution in [3.63, 3.8) is 0 Å². The van der Waals surface area contributed by atoms with Crippen LogP contribution in [0, 0.1) is 24.5 Å². The number of hydrogen-bond donors (Lipinski definition) is 2. The summed E-state index contributed by atoms with van der Waals surface area (Å²) in [4.78, 5) is 4.25. The summed E-state index contributed by atoms with van der Waals surface area (Å²) in [6.45, 7) is 3.88. The van der Waals surface area contributed by atoms with Crippen molar-refractivity contribution in [2.24, 2.45) is 16.6 Å². The SMILES string of the molecule is C/C=C/Nc1ccc(N=C(N)C2CCC(c3ccc(-c4ccc(C)cc4)cc3)CC2)c(F)c1F. The highest BCUT2D eigenvalue weighted by molar-refractivity contribution is 5.85. The summed E-state index contributed by atoms with van der Waals surface area (Å²) >= 11 is 0. The lowest BCUT2D eigenvalue weighted by molar-refractivity contribution is 0.390. The molecule has 0 heterocycles. The van der Waals surface area contributed by atoms with Gasteiger partial charge in [0.15, 0.2) is 11.6 Å². The third-order valence-corrected chi connectivity index (χ3v) is 6.63. The number of rotatable bonds is 6. The fourth-order valence-corrected chi connectivity index (χ4v) is 4.56. The van der Waals surface area contributed by atoms with Gasteiger partial charge in [-0.1, -0.05) is 60.2 Å². The molecule has 0 saturated heterocycles. The summed E-state index contributed by atoms with van der Waals surface area (Å²) in [6, 6.07) is 20.3. The second kappa shape index (κ2) is 10.6. The van der Waals surface area contributed by atoms with E-state index in [1.54, 1.807) is 19.2 Å². The van der Waals surface area contributed by atoms with Crippen LogP contribution in [0.2, 0.25) is 0 Å². The van der Waals surface area contributed by atoms with Crippen LogP contribution < -0.4 is 11.1 Å². The van der Waals surface area contributed by atoms with Gasteiger partial charge in [0, 0.05) is 5.92 Å². The lowest BCUT2D eigenvalue weighted by Gasteiger charge is -2.28. The molecule has 0 aliphatic heterocycles. The van der Waals surface area contributed by atoms with Gasteiger partial charge < -0.3 is 11.1 Å². The molecule has 1 aliphatic rings. The predicted molar refractivity (Wildman–Crippen MR) is 137 cm³/mol. The summed E-state index contributed by atoms with van der Waals surface area (Å²) in [5.41, 5.74) is 11.3. The molecular weight excluding hydrogens is 428 g/mol. The molecule has 0 spiro atoms. The second-order valence-electron chi connectivity index (χ2n) is 8.98.